The summed E-state index contributed by atoms with van der Waals surface area (Å²) in [6.07, 6.45) is 5.44. The highest BCUT2D eigenvalue weighted by molar-refractivity contribution is 7.80. The Bertz CT molecular complexity index is 1550. The molecule has 1 fully saturated rings. The maximum absolute atomic E-state index is 12.7. The van der Waals surface area contributed by atoms with Gasteiger partial charge in [-0.05, 0) is 74.1 Å². The number of ether oxygens (including phenoxy) is 1. The van der Waals surface area contributed by atoms with Crippen molar-refractivity contribution in [2.45, 2.75) is 46.7 Å². The van der Waals surface area contributed by atoms with E-state index in [0.29, 0.717) is 16.5 Å². The Morgan fingerprint density at radius 1 is 1.05 bits per heavy atom. The van der Waals surface area contributed by atoms with Crippen LogP contribution in [0.4, 0.5) is 11.4 Å². The van der Waals surface area contributed by atoms with E-state index >= 15 is 0 Å². The number of aromatic nitrogens is 3. The molecule has 0 unspecified atom stereocenters. The molecule has 1 aliphatic heterocycles. The van der Waals surface area contributed by atoms with Crippen molar-refractivity contribution in [1.29, 1.82) is 0 Å². The normalized spacial score (nSPS) is 17.1. The predicted octanol–water partition coefficient (Wildman–Crippen LogP) is 6.05. The first kappa shape index (κ1) is 27.3. The zero-order valence-electron chi connectivity index (χ0n) is 23.6. The lowest BCUT2D eigenvalue weighted by atomic mass is 9.95. The minimum Gasteiger partial charge on any atom is -0.494 e. The van der Waals surface area contributed by atoms with Crippen LogP contribution in [0.2, 0.25) is 0 Å². The maximum atomic E-state index is 12.7. The van der Waals surface area contributed by atoms with Gasteiger partial charge in [0.15, 0.2) is 5.11 Å². The number of anilines is 2. The van der Waals surface area contributed by atoms with Crippen molar-refractivity contribution in [2.75, 3.05) is 17.3 Å². The van der Waals surface area contributed by atoms with Crippen molar-refractivity contribution in [1.82, 2.24) is 19.9 Å². The molecule has 0 bridgehead atoms. The summed E-state index contributed by atoms with van der Waals surface area (Å²) >= 11 is 5.94. The van der Waals surface area contributed by atoms with Crippen molar-refractivity contribution < 1.29 is 9.53 Å². The molecule has 1 aromatic carbocycles. The summed E-state index contributed by atoms with van der Waals surface area (Å²) in [6, 6.07) is 17.5. The number of rotatable bonds is 6. The van der Waals surface area contributed by atoms with Gasteiger partial charge in [0.25, 0.3) is 0 Å². The number of pyridine rings is 2. The highest BCUT2D eigenvalue weighted by Gasteiger charge is 2.42. The molecule has 1 amide bonds. The lowest BCUT2D eigenvalue weighted by molar-refractivity contribution is -0.123. The molecule has 4 aromatic rings. The third-order valence-corrected chi connectivity index (χ3v) is 7.50. The fourth-order valence-corrected chi connectivity index (χ4v) is 5.51. The van der Waals surface area contributed by atoms with Gasteiger partial charge in [-0.3, -0.25) is 14.8 Å². The highest BCUT2D eigenvalue weighted by Crippen LogP contribution is 2.45. The molecular weight excluding hydrogens is 520 g/mol. The molecule has 1 saturated heterocycles. The van der Waals surface area contributed by atoms with E-state index in [1.165, 1.54) is 0 Å². The molecule has 1 aliphatic rings. The number of methoxy groups -OCH3 is 1. The number of hydrogen-bond donors (Lipinski definition) is 2. The van der Waals surface area contributed by atoms with E-state index in [0.717, 1.165) is 34.0 Å². The first-order chi connectivity index (χ1) is 19.1. The summed E-state index contributed by atoms with van der Waals surface area (Å²) in [4.78, 5) is 23.8. The Kier molecular flexibility index (Phi) is 7.33. The summed E-state index contributed by atoms with van der Waals surface area (Å²) in [7, 11) is 1.60. The summed E-state index contributed by atoms with van der Waals surface area (Å²) in [5.74, 6) is 0.464. The van der Waals surface area contributed by atoms with Gasteiger partial charge >= 0.3 is 0 Å². The molecule has 9 heteroatoms. The zero-order chi connectivity index (χ0) is 28.6. The molecule has 3 aromatic heterocycles. The van der Waals surface area contributed by atoms with Crippen LogP contribution in [0.15, 0.2) is 73.2 Å². The van der Waals surface area contributed by atoms with Crippen molar-refractivity contribution >= 4 is 34.6 Å². The molecule has 0 spiro atoms. The molecule has 2 N–H and O–H groups in total. The van der Waals surface area contributed by atoms with Gasteiger partial charge in [-0.1, -0.05) is 26.8 Å². The molecule has 4 heterocycles. The van der Waals surface area contributed by atoms with Gasteiger partial charge in [0.1, 0.15) is 5.75 Å². The summed E-state index contributed by atoms with van der Waals surface area (Å²) in [5, 5.41) is 7.11. The molecule has 5 rings (SSSR count). The number of nitrogens with zero attached hydrogens (tertiary/aromatic N) is 4. The van der Waals surface area contributed by atoms with Crippen LogP contribution in [-0.4, -0.2) is 32.7 Å². The number of thiocarbonyl (C=S) groups is 1. The average Bonchev–Trinajstić information content (AvgIpc) is 3.44. The van der Waals surface area contributed by atoms with Gasteiger partial charge in [-0.25, -0.2) is 0 Å². The summed E-state index contributed by atoms with van der Waals surface area (Å²) < 4.78 is 7.93. The Morgan fingerprint density at radius 3 is 2.50 bits per heavy atom. The monoisotopic (exact) mass is 554 g/mol. The Balaban J connectivity index is 1.62. The van der Waals surface area contributed by atoms with Crippen LogP contribution in [0.25, 0.3) is 5.69 Å². The van der Waals surface area contributed by atoms with Crippen molar-refractivity contribution in [3.05, 3.63) is 95.8 Å². The van der Waals surface area contributed by atoms with Crippen LogP contribution < -0.4 is 20.3 Å². The molecule has 8 nitrogen and oxygen atoms in total. The summed E-state index contributed by atoms with van der Waals surface area (Å²) in [5.41, 5.74) is 6.11. The predicted molar refractivity (Wildman–Crippen MR) is 162 cm³/mol. The van der Waals surface area contributed by atoms with E-state index in [9.17, 15) is 4.79 Å². The van der Waals surface area contributed by atoms with Gasteiger partial charge in [0, 0.05) is 41.0 Å². The first-order valence-corrected chi connectivity index (χ1v) is 13.6. The molecule has 206 valence electrons. The van der Waals surface area contributed by atoms with Crippen molar-refractivity contribution in [3.8, 4) is 11.4 Å². The zero-order valence-corrected chi connectivity index (χ0v) is 24.4. The van der Waals surface area contributed by atoms with E-state index in [2.05, 4.69) is 56.0 Å². The van der Waals surface area contributed by atoms with E-state index in [4.69, 9.17) is 17.0 Å². The second-order valence-electron chi connectivity index (χ2n) is 11.0. The van der Waals surface area contributed by atoms with Crippen LogP contribution in [0.5, 0.6) is 5.75 Å². The SMILES string of the molecule is COc1cc(N2C(=S)N[C@@H](c3ccccn3)[C@@H]2c2cc(C)n(-c3cccnc3)c2C)ccc1NC(=O)C(C)(C)C. The minimum absolute atomic E-state index is 0.0900. The Labute approximate surface area is 240 Å². The van der Waals surface area contributed by atoms with Gasteiger partial charge < -0.3 is 24.8 Å². The molecule has 40 heavy (non-hydrogen) atoms. The fraction of sp³-hybridized carbons (Fsp3) is 0.290. The largest absolute Gasteiger partial charge is 0.494 e. The van der Waals surface area contributed by atoms with E-state index in [1.54, 1.807) is 19.5 Å². The number of carbonyl (C=O) groups is 1. The molecule has 2 atom stereocenters. The summed E-state index contributed by atoms with van der Waals surface area (Å²) in [6.45, 7) is 9.85. The average molecular weight is 555 g/mol. The van der Waals surface area contributed by atoms with Crippen molar-refractivity contribution in [3.63, 3.8) is 0 Å². The van der Waals surface area contributed by atoms with Crippen LogP contribution in [0, 0.1) is 19.3 Å². The molecule has 0 radical (unpaired) electrons. The fourth-order valence-electron chi connectivity index (χ4n) is 5.16. The Morgan fingerprint density at radius 2 is 1.85 bits per heavy atom. The molecule has 0 saturated carbocycles. The third-order valence-electron chi connectivity index (χ3n) is 7.18. The minimum atomic E-state index is -0.540. The standard InChI is InChI=1S/C31H34N6O2S/c1-19-16-23(20(2)36(19)22-10-9-14-32-18-22)28-27(25-11-7-8-15-33-25)35-30(40)37(28)21-12-13-24(26(17-21)39-6)34-29(38)31(3,4)5/h7-18,27-28H,1-6H3,(H,34,38)(H,35,40)/t27-,28-/m0/s1. The van der Waals surface area contributed by atoms with Gasteiger partial charge in [-0.2, -0.15) is 0 Å². The first-order valence-electron chi connectivity index (χ1n) is 13.2. The third kappa shape index (κ3) is 5.04. The number of amides is 1. The van der Waals surface area contributed by atoms with Crippen LogP contribution in [-0.2, 0) is 4.79 Å². The smallest absolute Gasteiger partial charge is 0.229 e. The second-order valence-corrected chi connectivity index (χ2v) is 11.3. The van der Waals surface area contributed by atoms with Crippen LogP contribution >= 0.6 is 12.2 Å². The Hall–Kier alpha value is -4.24. The van der Waals surface area contributed by atoms with Gasteiger partial charge in [0.2, 0.25) is 5.91 Å². The van der Waals surface area contributed by atoms with Crippen LogP contribution in [0.3, 0.4) is 0 Å². The quantitative estimate of drug-likeness (QED) is 0.281. The van der Waals surface area contributed by atoms with Crippen molar-refractivity contribution in [2.24, 2.45) is 5.41 Å². The number of benzene rings is 1. The topological polar surface area (TPSA) is 84.3 Å². The van der Waals surface area contributed by atoms with E-state index < -0.39 is 5.41 Å². The lowest BCUT2D eigenvalue weighted by Gasteiger charge is -2.29. The number of carbonyl (C=O) groups excluding carboxylic acids is 1. The molecule has 0 aliphatic carbocycles. The van der Waals surface area contributed by atoms with E-state index in [-0.39, 0.29) is 18.0 Å². The second kappa shape index (κ2) is 10.7. The maximum Gasteiger partial charge on any atom is 0.229 e. The van der Waals surface area contributed by atoms with Gasteiger partial charge in [-0.15, -0.1) is 0 Å². The lowest BCUT2D eigenvalue weighted by Crippen LogP contribution is -2.30. The highest BCUT2D eigenvalue weighted by atomic mass is 32.1. The number of aryl methyl sites for hydroxylation is 1. The van der Waals surface area contributed by atoms with Crippen LogP contribution in [0.1, 0.15) is 55.5 Å². The molecular formula is C31H34N6O2S. The number of hydrogen-bond acceptors (Lipinski definition) is 5. The van der Waals surface area contributed by atoms with Gasteiger partial charge in [0.05, 0.1) is 42.5 Å². The number of nitrogens with one attached hydrogen (secondary N) is 2. The van der Waals surface area contributed by atoms with E-state index in [1.807, 2.05) is 69.4 Å².